The summed E-state index contributed by atoms with van der Waals surface area (Å²) in [7, 11) is 0. The standard InChI is InChI=1S/C24H25N3O/c1-18-9-11-22-16-19(17-25-24(22)26-18)10-12-23(28)27-14-5-8-21(13-15-27)20-6-3-2-4-7-20/h2-4,6-7,10,12-13,16-17H,1,5,8-9,11,14-15H2,(H,25,26)/b12-10+. The summed E-state index contributed by atoms with van der Waals surface area (Å²) in [5.41, 5.74) is 5.71. The lowest BCUT2D eigenvalue weighted by atomic mass is 10.0. The van der Waals surface area contributed by atoms with Crippen LogP contribution in [0.2, 0.25) is 0 Å². The third-order valence-electron chi connectivity index (χ3n) is 5.29. The highest BCUT2D eigenvalue weighted by atomic mass is 16.2. The first-order chi connectivity index (χ1) is 13.7. The van der Waals surface area contributed by atoms with E-state index in [1.165, 1.54) is 16.7 Å². The van der Waals surface area contributed by atoms with Crippen LogP contribution in [0, 0.1) is 0 Å². The molecular formula is C24H25N3O. The van der Waals surface area contributed by atoms with Crippen molar-refractivity contribution in [3.8, 4) is 0 Å². The Balaban J connectivity index is 1.42. The van der Waals surface area contributed by atoms with E-state index in [-0.39, 0.29) is 5.91 Å². The second-order valence-electron chi connectivity index (χ2n) is 7.32. The molecular weight excluding hydrogens is 346 g/mol. The maximum absolute atomic E-state index is 12.7. The molecule has 0 radical (unpaired) electrons. The molecule has 3 heterocycles. The van der Waals surface area contributed by atoms with E-state index >= 15 is 0 Å². The number of anilines is 1. The molecule has 1 amide bonds. The molecule has 0 fully saturated rings. The molecule has 0 aliphatic carbocycles. The van der Waals surface area contributed by atoms with E-state index in [0.717, 1.165) is 49.3 Å². The van der Waals surface area contributed by atoms with Gasteiger partial charge in [-0.15, -0.1) is 0 Å². The highest BCUT2D eigenvalue weighted by Crippen LogP contribution is 2.25. The number of pyridine rings is 1. The number of allylic oxidation sites excluding steroid dienone is 2. The van der Waals surface area contributed by atoms with Crippen LogP contribution < -0.4 is 5.32 Å². The van der Waals surface area contributed by atoms with Crippen molar-refractivity contribution in [2.45, 2.75) is 25.7 Å². The molecule has 4 nitrogen and oxygen atoms in total. The lowest BCUT2D eigenvalue weighted by Crippen LogP contribution is -2.29. The van der Waals surface area contributed by atoms with E-state index < -0.39 is 0 Å². The van der Waals surface area contributed by atoms with Crippen molar-refractivity contribution in [2.75, 3.05) is 18.4 Å². The summed E-state index contributed by atoms with van der Waals surface area (Å²) in [6.07, 6.45) is 11.4. The number of benzene rings is 1. The zero-order valence-electron chi connectivity index (χ0n) is 16.0. The molecule has 142 valence electrons. The van der Waals surface area contributed by atoms with E-state index in [4.69, 9.17) is 0 Å². The second kappa shape index (κ2) is 8.26. The molecule has 0 saturated heterocycles. The van der Waals surface area contributed by atoms with Gasteiger partial charge in [0.2, 0.25) is 5.91 Å². The molecule has 1 N–H and O–H groups in total. The zero-order valence-corrected chi connectivity index (χ0v) is 16.0. The highest BCUT2D eigenvalue weighted by Gasteiger charge is 2.15. The van der Waals surface area contributed by atoms with Crippen LogP contribution in [0.3, 0.4) is 0 Å². The van der Waals surface area contributed by atoms with E-state index in [1.807, 2.05) is 17.0 Å². The fraction of sp³-hybridized carbons (Fsp3) is 0.250. The molecule has 0 spiro atoms. The van der Waals surface area contributed by atoms with Crippen LogP contribution in [0.25, 0.3) is 11.6 Å². The molecule has 1 aromatic heterocycles. The number of aromatic nitrogens is 1. The van der Waals surface area contributed by atoms with Crippen LogP contribution in [0.15, 0.2) is 67.0 Å². The lowest BCUT2D eigenvalue weighted by molar-refractivity contribution is -0.125. The van der Waals surface area contributed by atoms with Crippen LogP contribution >= 0.6 is 0 Å². The fourth-order valence-electron chi connectivity index (χ4n) is 3.70. The smallest absolute Gasteiger partial charge is 0.246 e. The Morgan fingerprint density at radius 2 is 2.04 bits per heavy atom. The van der Waals surface area contributed by atoms with Crippen molar-refractivity contribution in [1.29, 1.82) is 0 Å². The Kier molecular flexibility index (Phi) is 5.38. The van der Waals surface area contributed by atoms with Gasteiger partial charge in [-0.25, -0.2) is 4.98 Å². The number of amides is 1. The highest BCUT2D eigenvalue weighted by molar-refractivity contribution is 5.92. The SMILES string of the molecule is C=C1CCc2cc(/C=C/C(=O)N3CC=C(c4ccccc4)CCC3)cnc2N1. The van der Waals surface area contributed by atoms with Gasteiger partial charge in [-0.2, -0.15) is 0 Å². The Hall–Kier alpha value is -3.14. The van der Waals surface area contributed by atoms with Gasteiger partial charge in [0.1, 0.15) is 5.82 Å². The number of aryl methyl sites for hydroxylation is 1. The number of carbonyl (C=O) groups is 1. The van der Waals surface area contributed by atoms with E-state index in [0.29, 0.717) is 6.54 Å². The molecule has 0 saturated carbocycles. The summed E-state index contributed by atoms with van der Waals surface area (Å²) < 4.78 is 0. The number of nitrogens with one attached hydrogen (secondary N) is 1. The number of hydrogen-bond acceptors (Lipinski definition) is 3. The third kappa shape index (κ3) is 4.22. The van der Waals surface area contributed by atoms with Crippen molar-refractivity contribution in [2.24, 2.45) is 0 Å². The van der Waals surface area contributed by atoms with Crippen LogP contribution in [0.5, 0.6) is 0 Å². The van der Waals surface area contributed by atoms with Gasteiger partial charge in [0, 0.05) is 31.1 Å². The molecule has 0 atom stereocenters. The van der Waals surface area contributed by atoms with Crippen molar-refractivity contribution >= 4 is 23.4 Å². The normalized spacial score (nSPS) is 16.9. The van der Waals surface area contributed by atoms with E-state index in [9.17, 15) is 4.79 Å². The molecule has 0 unspecified atom stereocenters. The third-order valence-corrected chi connectivity index (χ3v) is 5.29. The van der Waals surface area contributed by atoms with Gasteiger partial charge >= 0.3 is 0 Å². The van der Waals surface area contributed by atoms with Gasteiger partial charge in [-0.05, 0) is 60.1 Å². The lowest BCUT2D eigenvalue weighted by Gasteiger charge is -2.19. The Labute approximate surface area is 166 Å². The molecule has 2 aliphatic rings. The number of hydrogen-bond donors (Lipinski definition) is 1. The molecule has 0 bridgehead atoms. The quantitative estimate of drug-likeness (QED) is 0.797. The second-order valence-corrected chi connectivity index (χ2v) is 7.32. The number of rotatable bonds is 3. The predicted octanol–water partition coefficient (Wildman–Crippen LogP) is 4.67. The van der Waals surface area contributed by atoms with Gasteiger partial charge in [-0.3, -0.25) is 4.79 Å². The van der Waals surface area contributed by atoms with Crippen molar-refractivity contribution in [3.63, 3.8) is 0 Å². The Morgan fingerprint density at radius 1 is 1.18 bits per heavy atom. The van der Waals surface area contributed by atoms with Crippen LogP contribution in [-0.2, 0) is 11.2 Å². The number of fused-ring (bicyclic) bond motifs is 1. The number of carbonyl (C=O) groups excluding carboxylic acids is 1. The molecule has 4 rings (SSSR count). The fourth-order valence-corrected chi connectivity index (χ4v) is 3.70. The minimum Gasteiger partial charge on any atom is -0.344 e. The summed E-state index contributed by atoms with van der Waals surface area (Å²) in [4.78, 5) is 19.0. The summed E-state index contributed by atoms with van der Waals surface area (Å²) in [5, 5.41) is 3.22. The first kappa shape index (κ1) is 18.2. The molecule has 28 heavy (non-hydrogen) atoms. The van der Waals surface area contributed by atoms with Gasteiger partial charge in [-0.1, -0.05) is 43.0 Å². The monoisotopic (exact) mass is 371 g/mol. The van der Waals surface area contributed by atoms with Gasteiger partial charge in [0.15, 0.2) is 0 Å². The first-order valence-electron chi connectivity index (χ1n) is 9.84. The van der Waals surface area contributed by atoms with Crippen LogP contribution in [0.4, 0.5) is 5.82 Å². The summed E-state index contributed by atoms with van der Waals surface area (Å²) in [5.74, 6) is 0.931. The average molecular weight is 371 g/mol. The molecule has 2 aromatic rings. The van der Waals surface area contributed by atoms with Gasteiger partial charge < -0.3 is 10.2 Å². The van der Waals surface area contributed by atoms with Crippen molar-refractivity contribution in [3.05, 3.63) is 83.7 Å². The van der Waals surface area contributed by atoms with E-state index in [2.05, 4.69) is 53.3 Å². The Morgan fingerprint density at radius 3 is 2.89 bits per heavy atom. The topological polar surface area (TPSA) is 45.2 Å². The molecule has 2 aliphatic heterocycles. The minimum absolute atomic E-state index is 0.0507. The van der Waals surface area contributed by atoms with Crippen LogP contribution in [0.1, 0.15) is 36.0 Å². The number of nitrogens with zero attached hydrogens (tertiary/aromatic N) is 2. The largest absolute Gasteiger partial charge is 0.344 e. The average Bonchev–Trinajstić information content (AvgIpc) is 2.99. The maximum atomic E-state index is 12.7. The minimum atomic E-state index is 0.0507. The van der Waals surface area contributed by atoms with Crippen LogP contribution in [-0.4, -0.2) is 28.9 Å². The summed E-state index contributed by atoms with van der Waals surface area (Å²) >= 11 is 0. The van der Waals surface area contributed by atoms with Gasteiger partial charge in [0.25, 0.3) is 0 Å². The maximum Gasteiger partial charge on any atom is 0.246 e. The Bertz CT molecular complexity index is 944. The first-order valence-corrected chi connectivity index (χ1v) is 9.84. The van der Waals surface area contributed by atoms with Crippen molar-refractivity contribution < 1.29 is 4.79 Å². The van der Waals surface area contributed by atoms with Crippen molar-refractivity contribution in [1.82, 2.24) is 9.88 Å². The summed E-state index contributed by atoms with van der Waals surface area (Å²) in [6, 6.07) is 12.5. The van der Waals surface area contributed by atoms with E-state index in [1.54, 1.807) is 12.3 Å². The van der Waals surface area contributed by atoms with Gasteiger partial charge in [0.05, 0.1) is 0 Å². The predicted molar refractivity (Wildman–Crippen MR) is 115 cm³/mol. The molecule has 1 aromatic carbocycles. The molecule has 4 heteroatoms. The summed E-state index contributed by atoms with van der Waals surface area (Å²) in [6.45, 7) is 5.40. The zero-order chi connectivity index (χ0) is 19.3.